The average Bonchev–Trinajstić information content (AvgIpc) is 2.86. The molecule has 3 atom stereocenters. The summed E-state index contributed by atoms with van der Waals surface area (Å²) in [6, 6.07) is 2.63. The fourth-order valence-corrected chi connectivity index (χ4v) is 4.76. The zero-order valence-electron chi connectivity index (χ0n) is 13.7. The second-order valence-corrected chi connectivity index (χ2v) is 7.42. The first-order chi connectivity index (χ1) is 10.6. The van der Waals surface area contributed by atoms with E-state index in [1.165, 1.54) is 38.8 Å². The predicted octanol–water partition coefficient (Wildman–Crippen LogP) is 1.67. The molecule has 0 unspecified atom stereocenters. The molecule has 0 aliphatic carbocycles. The Bertz CT molecular complexity index is 562. The molecule has 2 bridgehead atoms. The van der Waals surface area contributed by atoms with Crippen LogP contribution in [-0.4, -0.2) is 57.7 Å². The van der Waals surface area contributed by atoms with Crippen molar-refractivity contribution in [2.45, 2.75) is 38.6 Å². The van der Waals surface area contributed by atoms with E-state index in [9.17, 15) is 4.79 Å². The first-order valence-electron chi connectivity index (χ1n) is 8.66. The molecule has 4 heterocycles. The number of aromatic nitrogens is 2. The number of amides is 1. The maximum absolute atomic E-state index is 12.8. The van der Waals surface area contributed by atoms with Crippen LogP contribution in [0.3, 0.4) is 0 Å². The number of carbonyl (C=O) groups is 1. The highest BCUT2D eigenvalue weighted by Gasteiger charge is 2.42. The first-order valence-corrected chi connectivity index (χ1v) is 8.66. The summed E-state index contributed by atoms with van der Waals surface area (Å²) in [6.07, 6.45) is 5.34. The van der Waals surface area contributed by atoms with Gasteiger partial charge in [0.1, 0.15) is 0 Å². The number of hydrogen-bond acceptors (Lipinski definition) is 3. The van der Waals surface area contributed by atoms with Crippen molar-refractivity contribution < 1.29 is 4.79 Å². The van der Waals surface area contributed by atoms with Gasteiger partial charge in [0.05, 0.1) is 0 Å². The second kappa shape index (κ2) is 5.37. The molecule has 3 aliphatic heterocycles. The third-order valence-electron chi connectivity index (χ3n) is 5.89. The van der Waals surface area contributed by atoms with Crippen LogP contribution < -0.4 is 0 Å². The van der Waals surface area contributed by atoms with Crippen LogP contribution in [0.25, 0.3) is 0 Å². The minimum atomic E-state index is 0.127. The van der Waals surface area contributed by atoms with Crippen LogP contribution in [0.1, 0.15) is 41.9 Å². The highest BCUT2D eigenvalue weighted by atomic mass is 16.2. The molecule has 4 rings (SSSR count). The monoisotopic (exact) mass is 302 g/mol. The lowest BCUT2D eigenvalue weighted by Gasteiger charge is -2.52. The van der Waals surface area contributed by atoms with E-state index in [0.717, 1.165) is 18.8 Å². The Balaban J connectivity index is 1.51. The second-order valence-electron chi connectivity index (χ2n) is 7.42. The Morgan fingerprint density at radius 1 is 1.27 bits per heavy atom. The van der Waals surface area contributed by atoms with Crippen molar-refractivity contribution in [3.63, 3.8) is 0 Å². The van der Waals surface area contributed by atoms with Gasteiger partial charge in [0.2, 0.25) is 0 Å². The lowest BCUT2D eigenvalue weighted by molar-refractivity contribution is -0.0244. The molecular weight excluding hydrogens is 276 g/mol. The normalized spacial score (nSPS) is 31.9. The van der Waals surface area contributed by atoms with Gasteiger partial charge in [-0.2, -0.15) is 5.10 Å². The minimum absolute atomic E-state index is 0.127. The quantitative estimate of drug-likeness (QED) is 0.792. The Labute approximate surface area is 132 Å². The molecule has 1 amide bonds. The molecule has 0 saturated carbocycles. The van der Waals surface area contributed by atoms with Crippen molar-refractivity contribution in [2.24, 2.45) is 18.9 Å². The fourth-order valence-electron chi connectivity index (χ4n) is 4.76. The summed E-state index contributed by atoms with van der Waals surface area (Å²) in [7, 11) is 1.90. The molecule has 1 aromatic heterocycles. The van der Waals surface area contributed by atoms with Gasteiger partial charge in [-0.15, -0.1) is 0 Å². The number of likely N-dealkylation sites (tertiary alicyclic amines) is 1. The molecule has 3 saturated heterocycles. The van der Waals surface area contributed by atoms with E-state index in [1.54, 1.807) is 4.68 Å². The topological polar surface area (TPSA) is 41.4 Å². The van der Waals surface area contributed by atoms with Crippen molar-refractivity contribution in [3.05, 3.63) is 17.5 Å². The summed E-state index contributed by atoms with van der Waals surface area (Å²) in [6.45, 7) is 6.28. The molecule has 22 heavy (non-hydrogen) atoms. The van der Waals surface area contributed by atoms with Crippen molar-refractivity contribution in [1.82, 2.24) is 19.6 Å². The van der Waals surface area contributed by atoms with Crippen molar-refractivity contribution in [1.29, 1.82) is 0 Å². The van der Waals surface area contributed by atoms with Crippen LogP contribution >= 0.6 is 0 Å². The van der Waals surface area contributed by atoms with Crippen molar-refractivity contribution in [2.75, 3.05) is 26.2 Å². The molecule has 1 aromatic rings. The van der Waals surface area contributed by atoms with Gasteiger partial charge in [0.15, 0.2) is 5.69 Å². The molecule has 3 aliphatic rings. The molecule has 3 fully saturated rings. The van der Waals surface area contributed by atoms with Gasteiger partial charge in [-0.05, 0) is 50.6 Å². The van der Waals surface area contributed by atoms with Gasteiger partial charge in [-0.1, -0.05) is 6.42 Å². The largest absolute Gasteiger partial charge is 0.337 e. The van der Waals surface area contributed by atoms with Gasteiger partial charge in [0.25, 0.3) is 5.91 Å². The minimum Gasteiger partial charge on any atom is -0.337 e. The molecule has 0 N–H and O–H groups in total. The van der Waals surface area contributed by atoms with Crippen LogP contribution in [0.4, 0.5) is 0 Å². The molecule has 5 nitrogen and oxygen atoms in total. The number of nitrogens with zero attached hydrogens (tertiary/aromatic N) is 4. The van der Waals surface area contributed by atoms with E-state index in [-0.39, 0.29) is 5.91 Å². The summed E-state index contributed by atoms with van der Waals surface area (Å²) >= 11 is 0. The Hall–Kier alpha value is -1.36. The van der Waals surface area contributed by atoms with Crippen LogP contribution in [0.5, 0.6) is 0 Å². The summed E-state index contributed by atoms with van der Waals surface area (Å²) < 4.78 is 1.79. The molecule has 0 aromatic carbocycles. The van der Waals surface area contributed by atoms with Gasteiger partial charge in [-0.3, -0.25) is 14.4 Å². The van der Waals surface area contributed by atoms with Gasteiger partial charge < -0.3 is 4.90 Å². The summed E-state index contributed by atoms with van der Waals surface area (Å²) in [4.78, 5) is 17.6. The zero-order valence-corrected chi connectivity index (χ0v) is 13.7. The van der Waals surface area contributed by atoms with Crippen LogP contribution in [-0.2, 0) is 7.05 Å². The van der Waals surface area contributed by atoms with Gasteiger partial charge in [-0.25, -0.2) is 0 Å². The van der Waals surface area contributed by atoms with Crippen LogP contribution in [0.2, 0.25) is 0 Å². The maximum atomic E-state index is 12.8. The van der Waals surface area contributed by atoms with E-state index in [2.05, 4.69) is 14.9 Å². The van der Waals surface area contributed by atoms with E-state index >= 15 is 0 Å². The molecular formula is C17H26N4O. The predicted molar refractivity (Wildman–Crippen MR) is 84.7 cm³/mol. The van der Waals surface area contributed by atoms with Crippen LogP contribution in [0, 0.1) is 18.8 Å². The highest BCUT2D eigenvalue weighted by molar-refractivity contribution is 5.92. The lowest BCUT2D eigenvalue weighted by Crippen LogP contribution is -2.59. The van der Waals surface area contributed by atoms with E-state index in [4.69, 9.17) is 0 Å². The number of hydrogen-bond donors (Lipinski definition) is 0. The van der Waals surface area contributed by atoms with E-state index < -0.39 is 0 Å². The molecule has 5 heteroatoms. The van der Waals surface area contributed by atoms with Crippen molar-refractivity contribution in [3.8, 4) is 0 Å². The maximum Gasteiger partial charge on any atom is 0.274 e. The number of carbonyl (C=O) groups excluding carboxylic acids is 1. The van der Waals surface area contributed by atoms with Gasteiger partial charge >= 0.3 is 0 Å². The fraction of sp³-hybridized carbons (Fsp3) is 0.765. The average molecular weight is 302 g/mol. The number of piperidine rings is 3. The third kappa shape index (κ3) is 2.35. The van der Waals surface area contributed by atoms with Crippen molar-refractivity contribution >= 4 is 5.91 Å². The summed E-state index contributed by atoms with van der Waals surface area (Å²) in [5.74, 6) is 1.45. The number of aryl methyl sites for hydroxylation is 2. The summed E-state index contributed by atoms with van der Waals surface area (Å²) in [5, 5.41) is 4.38. The van der Waals surface area contributed by atoms with Crippen LogP contribution in [0.15, 0.2) is 6.07 Å². The lowest BCUT2D eigenvalue weighted by atomic mass is 9.76. The molecule has 0 radical (unpaired) electrons. The van der Waals surface area contributed by atoms with E-state index in [0.29, 0.717) is 23.6 Å². The standard InChI is InChI=1S/C17H26N4O/c1-12-7-15(18-19(12)2)17(22)21-10-13-8-14(11-21)16-5-3-4-6-20(16)9-13/h7,13-14,16H,3-6,8-11H2,1-2H3/t13-,14-,16+/m1/s1. The third-order valence-corrected chi connectivity index (χ3v) is 5.89. The number of rotatable bonds is 1. The number of fused-ring (bicyclic) bond motifs is 4. The smallest absolute Gasteiger partial charge is 0.274 e. The molecule has 120 valence electrons. The zero-order chi connectivity index (χ0) is 15.3. The Morgan fingerprint density at radius 2 is 2.14 bits per heavy atom. The SMILES string of the molecule is Cc1cc(C(=O)N2C[C@@H]3C[C@H](C2)[C@@H]2CCCCN2C3)nn1C. The van der Waals surface area contributed by atoms with Gasteiger partial charge in [0, 0.05) is 38.4 Å². The molecule has 0 spiro atoms. The Morgan fingerprint density at radius 3 is 2.91 bits per heavy atom. The summed E-state index contributed by atoms with van der Waals surface area (Å²) in [5.41, 5.74) is 1.65. The highest BCUT2D eigenvalue weighted by Crippen LogP contribution is 2.37. The first kappa shape index (κ1) is 14.2. The Kier molecular flexibility index (Phi) is 3.48. The van der Waals surface area contributed by atoms with E-state index in [1.807, 2.05) is 20.0 Å².